The monoisotopic (exact) mass is 294 g/mol. The third kappa shape index (κ3) is 2.47. The zero-order valence-corrected chi connectivity index (χ0v) is 14.1. The van der Waals surface area contributed by atoms with Gasteiger partial charge < -0.3 is 14.6 Å². The van der Waals surface area contributed by atoms with Gasteiger partial charge in [-0.15, -0.1) is 0 Å². The molecule has 2 aliphatic carbocycles. The molecule has 3 heteroatoms. The van der Waals surface area contributed by atoms with E-state index in [0.29, 0.717) is 17.8 Å². The van der Waals surface area contributed by atoms with Crippen molar-refractivity contribution in [1.29, 1.82) is 0 Å². The highest BCUT2D eigenvalue weighted by Gasteiger charge is 2.58. The summed E-state index contributed by atoms with van der Waals surface area (Å²) in [6, 6.07) is 0. The number of aliphatic hydroxyl groups excluding tert-OH is 1. The summed E-state index contributed by atoms with van der Waals surface area (Å²) in [6.07, 6.45) is 5.83. The van der Waals surface area contributed by atoms with Crippen molar-refractivity contribution in [2.75, 3.05) is 6.61 Å². The number of hydrogen-bond donors (Lipinski definition) is 1. The fourth-order valence-corrected chi connectivity index (χ4v) is 4.95. The van der Waals surface area contributed by atoms with E-state index in [1.54, 1.807) is 0 Å². The van der Waals surface area contributed by atoms with Crippen molar-refractivity contribution in [3.8, 4) is 0 Å². The molecule has 5 unspecified atom stereocenters. The smallest absolute Gasteiger partial charge is 0.163 e. The quantitative estimate of drug-likeness (QED) is 0.792. The molecule has 1 heterocycles. The first-order chi connectivity index (χ1) is 9.77. The summed E-state index contributed by atoms with van der Waals surface area (Å²) in [7, 11) is 0. The topological polar surface area (TPSA) is 38.7 Å². The van der Waals surface area contributed by atoms with Crippen molar-refractivity contribution in [2.24, 2.45) is 23.2 Å². The lowest BCUT2D eigenvalue weighted by molar-refractivity contribution is -0.159. The molecule has 3 nitrogen and oxygen atoms in total. The number of fused-ring (bicyclic) bond motifs is 3. The largest absolute Gasteiger partial charge is 0.392 e. The first kappa shape index (κ1) is 15.5. The minimum Gasteiger partial charge on any atom is -0.392 e. The Morgan fingerprint density at radius 3 is 2.62 bits per heavy atom. The van der Waals surface area contributed by atoms with Crippen LogP contribution >= 0.6 is 0 Å². The van der Waals surface area contributed by atoms with Crippen molar-refractivity contribution in [2.45, 2.75) is 71.9 Å². The van der Waals surface area contributed by atoms with Crippen molar-refractivity contribution in [3.05, 3.63) is 11.6 Å². The van der Waals surface area contributed by atoms with Gasteiger partial charge in [0.15, 0.2) is 5.79 Å². The van der Waals surface area contributed by atoms with Crippen LogP contribution < -0.4 is 0 Å². The molecule has 0 radical (unpaired) electrons. The van der Waals surface area contributed by atoms with Crippen LogP contribution in [0.5, 0.6) is 0 Å². The molecule has 0 aromatic heterocycles. The van der Waals surface area contributed by atoms with Crippen LogP contribution in [0, 0.1) is 23.2 Å². The molecule has 21 heavy (non-hydrogen) atoms. The maximum atomic E-state index is 9.73. The molecule has 0 bridgehead atoms. The van der Waals surface area contributed by atoms with Crippen LogP contribution in [0.15, 0.2) is 11.6 Å². The fourth-order valence-electron chi connectivity index (χ4n) is 4.95. The SMILES string of the molecule is CC(C)C1CCC2(C)C1C=C(CO)CC1OC(C)(C)OC12. The Hall–Kier alpha value is -0.380. The van der Waals surface area contributed by atoms with Gasteiger partial charge in [-0.3, -0.25) is 0 Å². The lowest BCUT2D eigenvalue weighted by Crippen LogP contribution is -2.42. The molecule has 1 N–H and O–H groups in total. The Morgan fingerprint density at radius 2 is 2.00 bits per heavy atom. The number of allylic oxidation sites excluding steroid dienone is 1. The highest BCUT2D eigenvalue weighted by atomic mass is 16.8. The molecule has 0 aromatic rings. The molecule has 2 fully saturated rings. The van der Waals surface area contributed by atoms with Gasteiger partial charge in [0.2, 0.25) is 0 Å². The summed E-state index contributed by atoms with van der Waals surface area (Å²) in [5.74, 6) is 1.34. The summed E-state index contributed by atoms with van der Waals surface area (Å²) in [5.41, 5.74) is 1.26. The number of rotatable bonds is 2. The summed E-state index contributed by atoms with van der Waals surface area (Å²) in [6.45, 7) is 11.2. The molecular formula is C18H30O3. The van der Waals surface area contributed by atoms with Gasteiger partial charge in [0.05, 0.1) is 18.8 Å². The van der Waals surface area contributed by atoms with Crippen LogP contribution in [0.1, 0.15) is 53.9 Å². The summed E-state index contributed by atoms with van der Waals surface area (Å²) < 4.78 is 12.5. The van der Waals surface area contributed by atoms with Gasteiger partial charge in [0.1, 0.15) is 0 Å². The standard InChI is InChI=1S/C18H30O3/c1-11(2)13-6-7-18(5)14(13)8-12(10-19)9-15-16(18)21-17(3,4)20-15/h8,11,13-16,19H,6-7,9-10H2,1-5H3. The Labute approximate surface area is 128 Å². The second kappa shape index (κ2) is 5.07. The lowest BCUT2D eigenvalue weighted by Gasteiger charge is -2.38. The van der Waals surface area contributed by atoms with Crippen molar-refractivity contribution < 1.29 is 14.6 Å². The van der Waals surface area contributed by atoms with Gasteiger partial charge in [-0.25, -0.2) is 0 Å². The first-order valence-electron chi connectivity index (χ1n) is 8.43. The molecule has 1 aliphatic heterocycles. The highest BCUT2D eigenvalue weighted by Crippen LogP contribution is 2.58. The van der Waals surface area contributed by atoms with Gasteiger partial charge in [0, 0.05) is 5.41 Å². The van der Waals surface area contributed by atoms with E-state index in [1.807, 2.05) is 13.8 Å². The van der Waals surface area contributed by atoms with E-state index in [1.165, 1.54) is 12.8 Å². The van der Waals surface area contributed by atoms with E-state index in [0.717, 1.165) is 12.0 Å². The molecule has 0 spiro atoms. The van der Waals surface area contributed by atoms with Crippen LogP contribution in [0.2, 0.25) is 0 Å². The van der Waals surface area contributed by atoms with Crippen LogP contribution in [0.4, 0.5) is 0 Å². The van der Waals surface area contributed by atoms with E-state index in [2.05, 4.69) is 26.8 Å². The zero-order chi connectivity index (χ0) is 15.4. The van der Waals surface area contributed by atoms with Crippen LogP contribution in [-0.2, 0) is 9.47 Å². The second-order valence-electron chi connectivity index (χ2n) is 8.26. The van der Waals surface area contributed by atoms with E-state index >= 15 is 0 Å². The van der Waals surface area contributed by atoms with Gasteiger partial charge in [-0.2, -0.15) is 0 Å². The summed E-state index contributed by atoms with van der Waals surface area (Å²) >= 11 is 0. The predicted molar refractivity (Wildman–Crippen MR) is 82.8 cm³/mol. The minimum atomic E-state index is -0.503. The Bertz CT molecular complexity index is 440. The van der Waals surface area contributed by atoms with E-state index < -0.39 is 5.79 Å². The predicted octanol–water partition coefficient (Wildman–Crippen LogP) is 3.52. The average molecular weight is 294 g/mol. The molecular weight excluding hydrogens is 264 g/mol. The average Bonchev–Trinajstić information content (AvgIpc) is 2.85. The van der Waals surface area contributed by atoms with E-state index in [4.69, 9.17) is 9.47 Å². The molecule has 1 saturated carbocycles. The molecule has 120 valence electrons. The van der Waals surface area contributed by atoms with E-state index in [-0.39, 0.29) is 24.2 Å². The third-order valence-electron chi connectivity index (χ3n) is 6.01. The normalized spacial score (nSPS) is 45.2. The number of aliphatic hydroxyl groups is 1. The molecule has 1 saturated heterocycles. The third-order valence-corrected chi connectivity index (χ3v) is 6.01. The van der Waals surface area contributed by atoms with Gasteiger partial charge in [-0.1, -0.05) is 26.8 Å². The van der Waals surface area contributed by atoms with E-state index in [9.17, 15) is 5.11 Å². The molecule has 0 aromatic carbocycles. The fraction of sp³-hybridized carbons (Fsp3) is 0.889. The summed E-state index contributed by atoms with van der Waals surface area (Å²) in [5, 5.41) is 9.73. The summed E-state index contributed by atoms with van der Waals surface area (Å²) in [4.78, 5) is 0. The van der Waals surface area contributed by atoms with Gasteiger partial charge in [-0.05, 0) is 56.4 Å². The lowest BCUT2D eigenvalue weighted by atomic mass is 9.70. The van der Waals surface area contributed by atoms with Gasteiger partial charge in [0.25, 0.3) is 0 Å². The van der Waals surface area contributed by atoms with Crippen molar-refractivity contribution >= 4 is 0 Å². The maximum absolute atomic E-state index is 9.73. The van der Waals surface area contributed by atoms with Crippen molar-refractivity contribution in [3.63, 3.8) is 0 Å². The van der Waals surface area contributed by atoms with Crippen molar-refractivity contribution in [1.82, 2.24) is 0 Å². The number of hydrogen-bond acceptors (Lipinski definition) is 3. The molecule has 5 atom stereocenters. The Morgan fingerprint density at radius 1 is 1.29 bits per heavy atom. The Balaban J connectivity index is 2.00. The highest BCUT2D eigenvalue weighted by molar-refractivity contribution is 5.20. The number of ether oxygens (including phenoxy) is 2. The zero-order valence-electron chi connectivity index (χ0n) is 14.1. The first-order valence-corrected chi connectivity index (χ1v) is 8.43. The second-order valence-corrected chi connectivity index (χ2v) is 8.26. The molecule has 3 rings (SSSR count). The van der Waals surface area contributed by atoms with Crippen LogP contribution in [0.3, 0.4) is 0 Å². The molecule has 3 aliphatic rings. The molecule has 0 amide bonds. The van der Waals surface area contributed by atoms with Gasteiger partial charge >= 0.3 is 0 Å². The Kier molecular flexibility index (Phi) is 3.75. The van der Waals surface area contributed by atoms with Crippen LogP contribution in [-0.4, -0.2) is 29.7 Å². The maximum Gasteiger partial charge on any atom is 0.163 e. The van der Waals surface area contributed by atoms with Crippen LogP contribution in [0.25, 0.3) is 0 Å². The minimum absolute atomic E-state index is 0.0827.